The first-order chi connectivity index (χ1) is 13.7. The molecule has 4 aromatic rings. The van der Waals surface area contributed by atoms with E-state index in [9.17, 15) is 4.79 Å². The molecular weight excluding hydrogens is 344 g/mol. The predicted molar refractivity (Wildman–Crippen MR) is 113 cm³/mol. The Kier molecular flexibility index (Phi) is 4.01. The number of amides is 1. The number of fused-ring (bicyclic) bond motifs is 2. The van der Waals surface area contributed by atoms with Crippen LogP contribution in [0.25, 0.3) is 10.9 Å². The van der Waals surface area contributed by atoms with E-state index in [-0.39, 0.29) is 11.9 Å². The smallest absolute Gasteiger partial charge is 0.255 e. The van der Waals surface area contributed by atoms with Crippen LogP contribution in [0.4, 0.5) is 0 Å². The molecule has 0 spiro atoms. The van der Waals surface area contributed by atoms with E-state index >= 15 is 0 Å². The van der Waals surface area contributed by atoms with Gasteiger partial charge in [0.2, 0.25) is 0 Å². The summed E-state index contributed by atoms with van der Waals surface area (Å²) in [6, 6.07) is 26.7. The fourth-order valence-corrected chi connectivity index (χ4v) is 4.46. The standard InChI is InChI=1S/C25H22N2O/c1-17-23(21-13-7-8-14-22(21)26-17)24-19-11-5-6-12-20(19)25(28)27(24)16-15-18-9-3-2-4-10-18/h2-14,24,26H,15-16H2,1H3. The maximum atomic E-state index is 13.3. The molecule has 1 N–H and O–H groups in total. The van der Waals surface area contributed by atoms with Crippen molar-refractivity contribution >= 4 is 16.8 Å². The van der Waals surface area contributed by atoms with Crippen LogP contribution in [0, 0.1) is 6.92 Å². The Labute approximate surface area is 164 Å². The van der Waals surface area contributed by atoms with Crippen molar-refractivity contribution < 1.29 is 4.79 Å². The van der Waals surface area contributed by atoms with Gasteiger partial charge in [0, 0.05) is 34.3 Å². The van der Waals surface area contributed by atoms with Crippen LogP contribution in [-0.2, 0) is 6.42 Å². The molecule has 1 amide bonds. The molecule has 1 unspecified atom stereocenters. The van der Waals surface area contributed by atoms with Crippen LogP contribution in [0.2, 0.25) is 0 Å². The minimum atomic E-state index is -0.0523. The molecule has 0 radical (unpaired) electrons. The fraction of sp³-hybridized carbons (Fsp3) is 0.160. The predicted octanol–water partition coefficient (Wildman–Crippen LogP) is 5.26. The molecule has 0 fully saturated rings. The molecule has 2 heterocycles. The molecule has 3 aromatic carbocycles. The van der Waals surface area contributed by atoms with Gasteiger partial charge >= 0.3 is 0 Å². The van der Waals surface area contributed by atoms with E-state index in [0.29, 0.717) is 6.54 Å². The van der Waals surface area contributed by atoms with Crippen molar-refractivity contribution in [2.75, 3.05) is 6.54 Å². The molecule has 5 rings (SSSR count). The maximum Gasteiger partial charge on any atom is 0.255 e. The summed E-state index contributed by atoms with van der Waals surface area (Å²) in [7, 11) is 0. The second kappa shape index (κ2) is 6.68. The summed E-state index contributed by atoms with van der Waals surface area (Å²) in [6.07, 6.45) is 0.846. The van der Waals surface area contributed by atoms with Gasteiger partial charge in [0.15, 0.2) is 0 Å². The second-order valence-electron chi connectivity index (χ2n) is 7.43. The third-order valence-electron chi connectivity index (χ3n) is 5.76. The number of H-pyrrole nitrogens is 1. The van der Waals surface area contributed by atoms with Gasteiger partial charge < -0.3 is 9.88 Å². The van der Waals surface area contributed by atoms with Crippen molar-refractivity contribution in [3.63, 3.8) is 0 Å². The van der Waals surface area contributed by atoms with Gasteiger partial charge in [-0.2, -0.15) is 0 Å². The molecule has 28 heavy (non-hydrogen) atoms. The summed E-state index contributed by atoms with van der Waals surface area (Å²) in [5.41, 5.74) is 6.64. The number of nitrogens with one attached hydrogen (secondary N) is 1. The Bertz CT molecular complexity index is 1160. The SMILES string of the molecule is Cc1[nH]c2ccccc2c1C1c2ccccc2C(=O)N1CCc1ccccc1. The molecule has 1 aliphatic heterocycles. The van der Waals surface area contributed by atoms with Gasteiger partial charge in [-0.25, -0.2) is 0 Å². The van der Waals surface area contributed by atoms with Crippen LogP contribution in [-0.4, -0.2) is 22.3 Å². The van der Waals surface area contributed by atoms with Crippen LogP contribution < -0.4 is 0 Å². The number of hydrogen-bond donors (Lipinski definition) is 1. The molecular formula is C25H22N2O. The van der Waals surface area contributed by atoms with E-state index in [0.717, 1.165) is 28.8 Å². The minimum absolute atomic E-state index is 0.0523. The zero-order valence-corrected chi connectivity index (χ0v) is 15.9. The summed E-state index contributed by atoms with van der Waals surface area (Å²) < 4.78 is 0. The topological polar surface area (TPSA) is 36.1 Å². The van der Waals surface area contributed by atoms with E-state index in [1.807, 2.05) is 35.2 Å². The summed E-state index contributed by atoms with van der Waals surface area (Å²) in [4.78, 5) is 18.8. The van der Waals surface area contributed by atoms with Crippen LogP contribution >= 0.6 is 0 Å². The van der Waals surface area contributed by atoms with Gasteiger partial charge in [0.05, 0.1) is 6.04 Å². The van der Waals surface area contributed by atoms with Crippen molar-refractivity contribution in [2.45, 2.75) is 19.4 Å². The number of nitrogens with zero attached hydrogens (tertiary/aromatic N) is 1. The summed E-state index contributed by atoms with van der Waals surface area (Å²) >= 11 is 0. The number of carbonyl (C=O) groups is 1. The Hall–Kier alpha value is -3.33. The molecule has 0 aliphatic carbocycles. The van der Waals surface area contributed by atoms with Gasteiger partial charge in [-0.15, -0.1) is 0 Å². The second-order valence-corrected chi connectivity index (χ2v) is 7.43. The van der Waals surface area contributed by atoms with E-state index in [2.05, 4.69) is 60.4 Å². The highest BCUT2D eigenvalue weighted by Gasteiger charge is 2.39. The molecule has 0 saturated heterocycles. The van der Waals surface area contributed by atoms with E-state index in [1.165, 1.54) is 16.5 Å². The monoisotopic (exact) mass is 366 g/mol. The van der Waals surface area contributed by atoms with Crippen LogP contribution in [0.3, 0.4) is 0 Å². The zero-order chi connectivity index (χ0) is 19.1. The molecule has 1 aliphatic rings. The van der Waals surface area contributed by atoms with Crippen LogP contribution in [0.1, 0.15) is 38.8 Å². The Morgan fingerprint density at radius 3 is 2.46 bits per heavy atom. The average molecular weight is 366 g/mol. The first-order valence-corrected chi connectivity index (χ1v) is 9.75. The number of carbonyl (C=O) groups excluding carboxylic acids is 1. The van der Waals surface area contributed by atoms with Crippen LogP contribution in [0.5, 0.6) is 0 Å². The first-order valence-electron chi connectivity index (χ1n) is 9.75. The summed E-state index contributed by atoms with van der Waals surface area (Å²) in [5, 5.41) is 1.19. The Balaban J connectivity index is 1.61. The molecule has 1 atom stereocenters. The van der Waals surface area contributed by atoms with Crippen molar-refractivity contribution in [1.82, 2.24) is 9.88 Å². The first kappa shape index (κ1) is 16.8. The van der Waals surface area contributed by atoms with Gasteiger partial charge in [-0.3, -0.25) is 4.79 Å². The normalized spacial score (nSPS) is 16.0. The highest BCUT2D eigenvalue weighted by molar-refractivity contribution is 6.01. The molecule has 3 nitrogen and oxygen atoms in total. The third-order valence-corrected chi connectivity index (χ3v) is 5.76. The van der Waals surface area contributed by atoms with Gasteiger partial charge in [-0.05, 0) is 36.6 Å². The van der Waals surface area contributed by atoms with Crippen LogP contribution in [0.15, 0.2) is 78.9 Å². The summed E-state index contributed by atoms with van der Waals surface area (Å²) in [6.45, 7) is 2.80. The lowest BCUT2D eigenvalue weighted by Gasteiger charge is -2.26. The fourth-order valence-electron chi connectivity index (χ4n) is 4.46. The third kappa shape index (κ3) is 2.63. The lowest BCUT2D eigenvalue weighted by molar-refractivity contribution is 0.0752. The van der Waals surface area contributed by atoms with Crippen molar-refractivity contribution in [3.05, 3.63) is 107 Å². The molecule has 0 saturated carbocycles. The summed E-state index contributed by atoms with van der Waals surface area (Å²) in [5.74, 6) is 0.126. The molecule has 3 heteroatoms. The van der Waals surface area contributed by atoms with E-state index in [1.54, 1.807) is 0 Å². The van der Waals surface area contributed by atoms with Gasteiger partial charge in [0.25, 0.3) is 5.91 Å². The number of aromatic nitrogens is 1. The number of hydrogen-bond acceptors (Lipinski definition) is 1. The number of para-hydroxylation sites is 1. The highest BCUT2D eigenvalue weighted by Crippen LogP contribution is 2.42. The van der Waals surface area contributed by atoms with Crippen molar-refractivity contribution in [2.24, 2.45) is 0 Å². The van der Waals surface area contributed by atoms with Gasteiger partial charge in [-0.1, -0.05) is 66.7 Å². The Morgan fingerprint density at radius 1 is 0.893 bits per heavy atom. The van der Waals surface area contributed by atoms with Crippen molar-refractivity contribution in [1.29, 1.82) is 0 Å². The maximum absolute atomic E-state index is 13.3. The molecule has 1 aromatic heterocycles. The minimum Gasteiger partial charge on any atom is -0.358 e. The zero-order valence-electron chi connectivity index (χ0n) is 15.9. The van der Waals surface area contributed by atoms with Crippen molar-refractivity contribution in [3.8, 4) is 0 Å². The molecule has 0 bridgehead atoms. The lowest BCUT2D eigenvalue weighted by Crippen LogP contribution is -2.31. The quantitative estimate of drug-likeness (QED) is 0.525. The highest BCUT2D eigenvalue weighted by atomic mass is 16.2. The Morgan fingerprint density at radius 2 is 1.61 bits per heavy atom. The van der Waals surface area contributed by atoms with Gasteiger partial charge in [0.1, 0.15) is 0 Å². The lowest BCUT2D eigenvalue weighted by atomic mass is 9.95. The number of rotatable bonds is 4. The number of aromatic amines is 1. The van der Waals surface area contributed by atoms with E-state index < -0.39 is 0 Å². The number of benzene rings is 3. The number of aryl methyl sites for hydroxylation is 1. The average Bonchev–Trinajstić information content (AvgIpc) is 3.20. The van der Waals surface area contributed by atoms with E-state index in [4.69, 9.17) is 0 Å². The molecule has 138 valence electrons. The largest absolute Gasteiger partial charge is 0.358 e.